The van der Waals surface area contributed by atoms with Gasteiger partial charge in [0.25, 0.3) is 0 Å². The number of benzene rings is 2. The van der Waals surface area contributed by atoms with Gasteiger partial charge in [0.05, 0.1) is 4.90 Å². The molecule has 0 amide bonds. The molecule has 0 atom stereocenters. The number of aryl methyl sites for hydroxylation is 1. The van der Waals surface area contributed by atoms with Crippen LogP contribution in [0.5, 0.6) is 0 Å². The molecule has 1 aliphatic heterocycles. The number of hydrogen-bond donors (Lipinski definition) is 2. The first kappa shape index (κ1) is 23.3. The van der Waals surface area contributed by atoms with Crippen LogP contribution >= 0.6 is 0 Å². The lowest BCUT2D eigenvalue weighted by atomic mass is 10.0. The van der Waals surface area contributed by atoms with Crippen LogP contribution in [-0.4, -0.2) is 58.3 Å². The molecule has 1 fully saturated rings. The summed E-state index contributed by atoms with van der Waals surface area (Å²) in [6.45, 7) is 6.05. The molecule has 0 aromatic heterocycles. The number of nitrogens with one attached hydrogen (secondary N) is 2. The molecule has 0 radical (unpaired) electrons. The van der Waals surface area contributed by atoms with Crippen LogP contribution in [0.15, 0.2) is 58.4 Å². The van der Waals surface area contributed by atoms with Crippen molar-refractivity contribution in [2.45, 2.75) is 43.7 Å². The third kappa shape index (κ3) is 7.36. The summed E-state index contributed by atoms with van der Waals surface area (Å²) in [6.07, 6.45) is 4.23. The number of hydrogen-bond acceptors (Lipinski definition) is 4. The molecular weight excluding hydrogens is 408 g/mol. The summed E-state index contributed by atoms with van der Waals surface area (Å²) < 4.78 is 23.1. The lowest BCUT2D eigenvalue weighted by molar-refractivity contribution is 0.198. The molecule has 2 aromatic carbocycles. The lowest BCUT2D eigenvalue weighted by Gasteiger charge is -2.33. The first-order valence-corrected chi connectivity index (χ1v) is 12.8. The normalized spacial score (nSPS) is 16.3. The van der Waals surface area contributed by atoms with E-state index in [0.29, 0.717) is 10.9 Å². The van der Waals surface area contributed by atoms with Gasteiger partial charge in [-0.3, -0.25) is 9.89 Å². The molecule has 7 heteroatoms. The minimum Gasteiger partial charge on any atom is -0.356 e. The molecule has 1 saturated heterocycles. The highest BCUT2D eigenvalue weighted by atomic mass is 32.2. The molecule has 1 heterocycles. The van der Waals surface area contributed by atoms with E-state index in [0.717, 1.165) is 57.0 Å². The van der Waals surface area contributed by atoms with Crippen molar-refractivity contribution in [3.63, 3.8) is 0 Å². The van der Waals surface area contributed by atoms with Crippen molar-refractivity contribution in [2.75, 3.05) is 32.9 Å². The van der Waals surface area contributed by atoms with Gasteiger partial charge in [0.2, 0.25) is 0 Å². The standard InChI is InChI=1S/C24H34N4O2S/c1-19-5-4-6-21(17-19)18-28-15-12-22(13-16-28)27-24(25-2)26-14-11-20-7-9-23(10-8-20)31(3,29)30/h4-10,17,22H,11-16,18H2,1-3H3,(H2,25,26,27). The third-order valence-electron chi connectivity index (χ3n) is 5.70. The molecule has 3 rings (SSSR count). The quantitative estimate of drug-likeness (QED) is 0.510. The predicted molar refractivity (Wildman–Crippen MR) is 127 cm³/mol. The van der Waals surface area contributed by atoms with Gasteiger partial charge in [-0.25, -0.2) is 8.42 Å². The van der Waals surface area contributed by atoms with Gasteiger partial charge in [-0.2, -0.15) is 0 Å². The Morgan fingerprint density at radius 2 is 1.81 bits per heavy atom. The first-order chi connectivity index (χ1) is 14.8. The topological polar surface area (TPSA) is 73.8 Å². The van der Waals surface area contributed by atoms with Crippen LogP contribution in [0, 0.1) is 6.92 Å². The highest BCUT2D eigenvalue weighted by molar-refractivity contribution is 7.90. The molecule has 168 valence electrons. The summed E-state index contributed by atoms with van der Waals surface area (Å²) in [5.41, 5.74) is 3.79. The Bertz CT molecular complexity index is 979. The van der Waals surface area contributed by atoms with E-state index < -0.39 is 9.84 Å². The number of aliphatic imine (C=N–C) groups is 1. The zero-order chi connectivity index (χ0) is 22.3. The van der Waals surface area contributed by atoms with Crippen molar-refractivity contribution < 1.29 is 8.42 Å². The Kier molecular flexibility index (Phi) is 8.09. The van der Waals surface area contributed by atoms with E-state index in [1.807, 2.05) is 12.1 Å². The van der Waals surface area contributed by atoms with Gasteiger partial charge in [-0.15, -0.1) is 0 Å². The van der Waals surface area contributed by atoms with Crippen LogP contribution in [-0.2, 0) is 22.8 Å². The second-order valence-corrected chi connectivity index (χ2v) is 10.4. The molecule has 0 spiro atoms. The van der Waals surface area contributed by atoms with Gasteiger partial charge in [-0.05, 0) is 49.4 Å². The van der Waals surface area contributed by atoms with Gasteiger partial charge in [0.1, 0.15) is 0 Å². The van der Waals surface area contributed by atoms with Crippen LogP contribution < -0.4 is 10.6 Å². The van der Waals surface area contributed by atoms with E-state index >= 15 is 0 Å². The van der Waals surface area contributed by atoms with Gasteiger partial charge in [-0.1, -0.05) is 42.0 Å². The molecule has 0 saturated carbocycles. The van der Waals surface area contributed by atoms with Crippen LogP contribution in [0.1, 0.15) is 29.5 Å². The maximum atomic E-state index is 11.6. The van der Waals surface area contributed by atoms with E-state index in [1.54, 1.807) is 19.2 Å². The number of piperidine rings is 1. The zero-order valence-corrected chi connectivity index (χ0v) is 19.6. The summed E-state index contributed by atoms with van der Waals surface area (Å²) in [5, 5.41) is 6.92. The number of nitrogens with zero attached hydrogens (tertiary/aromatic N) is 2. The molecule has 0 unspecified atom stereocenters. The van der Waals surface area contributed by atoms with Crippen LogP contribution in [0.4, 0.5) is 0 Å². The van der Waals surface area contributed by atoms with E-state index in [2.05, 4.69) is 51.7 Å². The van der Waals surface area contributed by atoms with Gasteiger partial charge < -0.3 is 10.6 Å². The molecule has 2 aromatic rings. The molecule has 0 aliphatic carbocycles. The Hall–Kier alpha value is -2.38. The Balaban J connectivity index is 1.39. The minimum absolute atomic E-state index is 0.357. The van der Waals surface area contributed by atoms with Gasteiger partial charge >= 0.3 is 0 Å². The molecule has 2 N–H and O–H groups in total. The molecular formula is C24H34N4O2S. The fourth-order valence-electron chi connectivity index (χ4n) is 3.92. The summed E-state index contributed by atoms with van der Waals surface area (Å²) in [5.74, 6) is 0.824. The summed E-state index contributed by atoms with van der Waals surface area (Å²) in [6, 6.07) is 16.3. The van der Waals surface area contributed by atoms with Crippen molar-refractivity contribution >= 4 is 15.8 Å². The van der Waals surface area contributed by atoms with E-state index in [9.17, 15) is 8.42 Å². The number of guanidine groups is 1. The smallest absolute Gasteiger partial charge is 0.191 e. The van der Waals surface area contributed by atoms with Crippen LogP contribution in [0.2, 0.25) is 0 Å². The molecule has 1 aliphatic rings. The average Bonchev–Trinajstić information content (AvgIpc) is 2.74. The second kappa shape index (κ2) is 10.8. The third-order valence-corrected chi connectivity index (χ3v) is 6.83. The van der Waals surface area contributed by atoms with Crippen molar-refractivity contribution in [3.05, 3.63) is 65.2 Å². The van der Waals surface area contributed by atoms with Gasteiger partial charge in [0, 0.05) is 45.5 Å². The van der Waals surface area contributed by atoms with Crippen molar-refractivity contribution in [1.82, 2.24) is 15.5 Å². The largest absolute Gasteiger partial charge is 0.356 e. The number of rotatable bonds is 7. The Morgan fingerprint density at radius 3 is 2.42 bits per heavy atom. The highest BCUT2D eigenvalue weighted by Gasteiger charge is 2.20. The SMILES string of the molecule is CN=C(NCCc1ccc(S(C)(=O)=O)cc1)NC1CCN(Cc2cccc(C)c2)CC1. The summed E-state index contributed by atoms with van der Waals surface area (Å²) in [4.78, 5) is 7.23. The highest BCUT2D eigenvalue weighted by Crippen LogP contribution is 2.15. The van der Waals surface area contributed by atoms with Crippen LogP contribution in [0.25, 0.3) is 0 Å². The average molecular weight is 443 g/mol. The van der Waals surface area contributed by atoms with E-state index in [1.165, 1.54) is 17.4 Å². The van der Waals surface area contributed by atoms with Crippen molar-refractivity contribution in [2.24, 2.45) is 4.99 Å². The fourth-order valence-corrected chi connectivity index (χ4v) is 4.55. The van der Waals surface area contributed by atoms with E-state index in [-0.39, 0.29) is 0 Å². The predicted octanol–water partition coefficient (Wildman–Crippen LogP) is 2.77. The fraction of sp³-hybridized carbons (Fsp3) is 0.458. The maximum absolute atomic E-state index is 11.6. The van der Waals surface area contributed by atoms with E-state index in [4.69, 9.17) is 0 Å². The number of sulfone groups is 1. The van der Waals surface area contributed by atoms with Crippen LogP contribution in [0.3, 0.4) is 0 Å². The summed E-state index contributed by atoms with van der Waals surface area (Å²) in [7, 11) is -1.35. The molecule has 31 heavy (non-hydrogen) atoms. The van der Waals surface area contributed by atoms with Gasteiger partial charge in [0.15, 0.2) is 15.8 Å². The second-order valence-electron chi connectivity index (χ2n) is 8.35. The Morgan fingerprint density at radius 1 is 1.10 bits per heavy atom. The van der Waals surface area contributed by atoms with Crippen molar-refractivity contribution in [3.8, 4) is 0 Å². The lowest BCUT2D eigenvalue weighted by Crippen LogP contribution is -2.48. The minimum atomic E-state index is -3.15. The van der Waals surface area contributed by atoms with Crippen molar-refractivity contribution in [1.29, 1.82) is 0 Å². The molecule has 6 nitrogen and oxygen atoms in total. The monoisotopic (exact) mass is 442 g/mol. The first-order valence-electron chi connectivity index (χ1n) is 10.9. The number of likely N-dealkylation sites (tertiary alicyclic amines) is 1. The zero-order valence-electron chi connectivity index (χ0n) is 18.8. The molecule has 0 bridgehead atoms. The Labute approximate surface area is 186 Å². The summed E-state index contributed by atoms with van der Waals surface area (Å²) >= 11 is 0. The maximum Gasteiger partial charge on any atom is 0.191 e.